The number of isocyanates is 1. The molecule has 0 aromatic rings. The van der Waals surface area contributed by atoms with Gasteiger partial charge in [0.25, 0.3) is 0 Å². The third-order valence-corrected chi connectivity index (χ3v) is 3.02. The van der Waals surface area contributed by atoms with Gasteiger partial charge in [-0.2, -0.15) is 4.99 Å². The highest BCUT2D eigenvalue weighted by molar-refractivity contribution is 7.58. The van der Waals surface area contributed by atoms with Crippen LogP contribution in [0.2, 0.25) is 0 Å². The lowest BCUT2D eigenvalue weighted by atomic mass is 10.9. The Balaban J connectivity index is 4.66. The molecule has 0 fully saturated rings. The van der Waals surface area contributed by atoms with Gasteiger partial charge in [-0.3, -0.25) is 4.57 Å². The molecule has 0 aliphatic rings. The van der Waals surface area contributed by atoms with Gasteiger partial charge in [-0.1, -0.05) is 6.58 Å². The van der Waals surface area contributed by atoms with Crippen LogP contribution in [0.25, 0.3) is 0 Å². The van der Waals surface area contributed by atoms with Gasteiger partial charge in [0, 0.05) is 0 Å². The smallest absolute Gasteiger partial charge is 0.304 e. The highest BCUT2D eigenvalue weighted by Gasteiger charge is 2.27. The van der Waals surface area contributed by atoms with Gasteiger partial charge in [-0.15, -0.1) is 0 Å². The Hall–Kier alpha value is -0.730. The first-order valence-corrected chi connectivity index (χ1v) is 5.31. The molecule has 0 rings (SSSR count). The van der Waals surface area contributed by atoms with Crippen LogP contribution in [-0.4, -0.2) is 19.3 Å². The van der Waals surface area contributed by atoms with Crippen molar-refractivity contribution in [2.45, 2.75) is 13.8 Å². The van der Waals surface area contributed by atoms with Crippen LogP contribution in [0.5, 0.6) is 0 Å². The van der Waals surface area contributed by atoms with E-state index in [4.69, 9.17) is 9.05 Å². The highest BCUT2D eigenvalue weighted by Crippen LogP contribution is 2.55. The maximum absolute atomic E-state index is 11.7. The summed E-state index contributed by atoms with van der Waals surface area (Å²) in [6.07, 6.45) is 1.23. The van der Waals surface area contributed by atoms with Crippen LogP contribution in [0.1, 0.15) is 13.8 Å². The van der Waals surface area contributed by atoms with Crippen LogP contribution in [0.3, 0.4) is 0 Å². The summed E-state index contributed by atoms with van der Waals surface area (Å²) < 4.78 is 21.4. The zero-order valence-electron chi connectivity index (χ0n) is 7.65. The Morgan fingerprint density at radius 1 is 1.46 bits per heavy atom. The molecule has 0 unspecified atom stereocenters. The maximum Gasteiger partial charge on any atom is 0.379 e. The number of nitrogens with zero attached hydrogens (tertiary/aromatic N) is 1. The van der Waals surface area contributed by atoms with Gasteiger partial charge in [0.1, 0.15) is 0 Å². The van der Waals surface area contributed by atoms with Crippen LogP contribution in [-0.2, 0) is 18.4 Å². The summed E-state index contributed by atoms with van der Waals surface area (Å²) in [5, 5.41) is 0. The van der Waals surface area contributed by atoms with E-state index in [1.54, 1.807) is 13.8 Å². The third-order valence-electron chi connectivity index (χ3n) is 1.09. The molecule has 0 aromatic heterocycles. The molecule has 6 heteroatoms. The molecule has 0 aliphatic heterocycles. The second-order valence-corrected chi connectivity index (χ2v) is 3.98. The second-order valence-electron chi connectivity index (χ2n) is 1.95. The molecule has 74 valence electrons. The van der Waals surface area contributed by atoms with Crippen molar-refractivity contribution in [2.24, 2.45) is 4.99 Å². The molecular formula is C7H12NO4P. The average Bonchev–Trinajstić information content (AvgIpc) is 2.05. The van der Waals surface area contributed by atoms with E-state index in [9.17, 15) is 9.36 Å². The zero-order valence-corrected chi connectivity index (χ0v) is 8.54. The summed E-state index contributed by atoms with van der Waals surface area (Å²) in [7, 11) is -3.45. The minimum atomic E-state index is -3.45. The number of hydrogen-bond donors (Lipinski definition) is 0. The topological polar surface area (TPSA) is 65.0 Å². The standard InChI is InChI=1S/C7H12NO4P/c1-4-11-13(10,12-5-2)7(3)8-6-9/h3-5H2,1-2H3. The predicted octanol–water partition coefficient (Wildman–Crippen LogP) is 2.06. The van der Waals surface area contributed by atoms with Crippen molar-refractivity contribution in [1.29, 1.82) is 0 Å². The van der Waals surface area contributed by atoms with Crippen molar-refractivity contribution in [3.8, 4) is 0 Å². The quantitative estimate of drug-likeness (QED) is 0.378. The first kappa shape index (κ1) is 12.3. The van der Waals surface area contributed by atoms with E-state index in [2.05, 4.69) is 11.6 Å². The summed E-state index contributed by atoms with van der Waals surface area (Å²) >= 11 is 0. The van der Waals surface area contributed by atoms with E-state index in [0.717, 1.165) is 0 Å². The first-order valence-electron chi connectivity index (χ1n) is 3.77. The number of carbonyl (C=O) groups excluding carboxylic acids is 1. The van der Waals surface area contributed by atoms with Crippen LogP contribution < -0.4 is 0 Å². The molecule has 0 heterocycles. The van der Waals surface area contributed by atoms with E-state index in [0.29, 0.717) is 0 Å². The molecule has 0 N–H and O–H groups in total. The predicted molar refractivity (Wildman–Crippen MR) is 48.1 cm³/mol. The summed E-state index contributed by atoms with van der Waals surface area (Å²) in [4.78, 5) is 13.0. The average molecular weight is 205 g/mol. The minimum absolute atomic E-state index is 0.199. The van der Waals surface area contributed by atoms with Gasteiger partial charge in [0.15, 0.2) is 5.44 Å². The summed E-state index contributed by atoms with van der Waals surface area (Å²) in [6.45, 7) is 7.02. The molecule has 0 spiro atoms. The molecule has 0 saturated carbocycles. The van der Waals surface area contributed by atoms with E-state index in [-0.39, 0.29) is 18.7 Å². The Morgan fingerprint density at radius 3 is 2.23 bits per heavy atom. The fraction of sp³-hybridized carbons (Fsp3) is 0.571. The first-order chi connectivity index (χ1) is 6.10. The fourth-order valence-electron chi connectivity index (χ4n) is 0.640. The monoisotopic (exact) mass is 205 g/mol. The van der Waals surface area contributed by atoms with Crippen molar-refractivity contribution in [3.63, 3.8) is 0 Å². The van der Waals surface area contributed by atoms with Crippen molar-refractivity contribution in [1.82, 2.24) is 0 Å². The summed E-state index contributed by atoms with van der Waals surface area (Å²) in [5.41, 5.74) is -0.216. The summed E-state index contributed by atoms with van der Waals surface area (Å²) in [5.74, 6) is 0. The minimum Gasteiger partial charge on any atom is -0.304 e. The van der Waals surface area contributed by atoms with Crippen molar-refractivity contribution in [2.75, 3.05) is 13.2 Å². The second kappa shape index (κ2) is 5.84. The van der Waals surface area contributed by atoms with Gasteiger partial charge in [-0.25, -0.2) is 4.79 Å². The highest BCUT2D eigenvalue weighted by atomic mass is 31.2. The van der Waals surface area contributed by atoms with E-state index < -0.39 is 7.60 Å². The number of hydrogen-bond acceptors (Lipinski definition) is 5. The van der Waals surface area contributed by atoms with Gasteiger partial charge in [0.2, 0.25) is 6.08 Å². The Bertz CT molecular complexity index is 260. The molecule has 0 amide bonds. The largest absolute Gasteiger partial charge is 0.379 e. The van der Waals surface area contributed by atoms with E-state index in [1.807, 2.05) is 0 Å². The lowest BCUT2D eigenvalue weighted by molar-refractivity contribution is 0.226. The van der Waals surface area contributed by atoms with Crippen molar-refractivity contribution in [3.05, 3.63) is 12.0 Å². The fourth-order valence-corrected chi connectivity index (χ4v) is 1.86. The molecule has 0 radical (unpaired) electrons. The molecule has 0 aromatic carbocycles. The molecule has 5 nitrogen and oxygen atoms in total. The Labute approximate surface area is 77.0 Å². The molecule has 13 heavy (non-hydrogen) atoms. The summed E-state index contributed by atoms with van der Waals surface area (Å²) in [6, 6.07) is 0. The Morgan fingerprint density at radius 2 is 1.92 bits per heavy atom. The van der Waals surface area contributed by atoms with Gasteiger partial charge >= 0.3 is 7.60 Å². The van der Waals surface area contributed by atoms with Crippen molar-refractivity contribution >= 4 is 13.7 Å². The van der Waals surface area contributed by atoms with E-state index in [1.165, 1.54) is 6.08 Å². The zero-order chi connectivity index (χ0) is 10.3. The molecule has 0 aliphatic carbocycles. The number of rotatable bonds is 6. The normalized spacial score (nSPS) is 10.6. The lowest BCUT2D eigenvalue weighted by Crippen LogP contribution is -1.96. The van der Waals surface area contributed by atoms with Crippen molar-refractivity contribution < 1.29 is 18.4 Å². The van der Waals surface area contributed by atoms with Gasteiger partial charge in [0.05, 0.1) is 13.2 Å². The molecule has 0 saturated heterocycles. The third kappa shape index (κ3) is 3.66. The number of aliphatic imine (C=N–C) groups is 1. The SMILES string of the molecule is C=C(N=C=O)P(=O)(OCC)OCC. The lowest BCUT2D eigenvalue weighted by Gasteiger charge is -2.14. The van der Waals surface area contributed by atoms with Gasteiger partial charge < -0.3 is 9.05 Å². The molecular weight excluding hydrogens is 193 g/mol. The molecule has 0 bridgehead atoms. The molecule has 0 atom stereocenters. The van der Waals surface area contributed by atoms with E-state index >= 15 is 0 Å². The van der Waals surface area contributed by atoms with Crippen LogP contribution >= 0.6 is 7.60 Å². The van der Waals surface area contributed by atoms with Crippen LogP contribution in [0.4, 0.5) is 0 Å². The Kier molecular flexibility index (Phi) is 5.51. The van der Waals surface area contributed by atoms with Gasteiger partial charge in [-0.05, 0) is 13.8 Å². The maximum atomic E-state index is 11.7. The van der Waals surface area contributed by atoms with Crippen LogP contribution in [0, 0.1) is 0 Å². The van der Waals surface area contributed by atoms with Crippen LogP contribution in [0.15, 0.2) is 17.0 Å².